The third-order valence-electron chi connectivity index (χ3n) is 6.13. The highest BCUT2D eigenvalue weighted by Gasteiger charge is 2.14. The Balaban J connectivity index is 1.36. The van der Waals surface area contributed by atoms with Crippen LogP contribution in [-0.4, -0.2) is 36.2 Å². The average molecular weight is 535 g/mol. The van der Waals surface area contributed by atoms with Crippen molar-refractivity contribution >= 4 is 40.1 Å². The number of nitrogens with one attached hydrogen (secondary N) is 2. The van der Waals surface area contributed by atoms with Gasteiger partial charge in [0.15, 0.2) is 0 Å². The molecule has 0 bridgehead atoms. The number of aliphatic carboxylic acids is 1. The van der Waals surface area contributed by atoms with Crippen molar-refractivity contribution in [2.45, 2.75) is 38.6 Å². The van der Waals surface area contributed by atoms with Crippen molar-refractivity contribution < 1.29 is 23.8 Å². The van der Waals surface area contributed by atoms with E-state index in [4.69, 9.17) is 25.9 Å². The van der Waals surface area contributed by atoms with Crippen molar-refractivity contribution in [3.8, 4) is 17.1 Å². The van der Waals surface area contributed by atoms with E-state index in [0.29, 0.717) is 28.7 Å². The number of carbonyl (C=O) groups excluding carboxylic acids is 1. The third kappa shape index (κ3) is 7.29. The fraction of sp³-hybridized carbons (Fsp3) is 0.267. The molecule has 0 aliphatic heterocycles. The van der Waals surface area contributed by atoms with E-state index in [0.717, 1.165) is 41.5 Å². The number of halogens is 1. The monoisotopic (exact) mass is 534 g/mol. The lowest BCUT2D eigenvalue weighted by atomic mass is 10.1. The summed E-state index contributed by atoms with van der Waals surface area (Å²) < 4.78 is 12.1. The fourth-order valence-corrected chi connectivity index (χ4v) is 4.35. The average Bonchev–Trinajstić information content (AvgIpc) is 3.34. The number of anilines is 1. The number of unbranched alkanes of at least 4 members (excludes halogenated alkanes) is 1. The molecule has 0 unspecified atom stereocenters. The van der Waals surface area contributed by atoms with Crippen molar-refractivity contribution in [1.29, 1.82) is 0 Å². The van der Waals surface area contributed by atoms with Crippen molar-refractivity contribution in [3.05, 3.63) is 83.4 Å². The Kier molecular flexibility index (Phi) is 9.27. The summed E-state index contributed by atoms with van der Waals surface area (Å²) in [4.78, 5) is 22.8. The molecule has 3 aromatic carbocycles. The van der Waals surface area contributed by atoms with Crippen LogP contribution in [0.3, 0.4) is 0 Å². The van der Waals surface area contributed by atoms with Crippen molar-refractivity contribution in [3.63, 3.8) is 0 Å². The smallest absolute Gasteiger partial charge is 0.305 e. The highest BCUT2D eigenvalue weighted by atomic mass is 35.5. The topological polar surface area (TPSA) is 101 Å². The first-order chi connectivity index (χ1) is 18.4. The number of rotatable bonds is 13. The van der Waals surface area contributed by atoms with E-state index >= 15 is 0 Å². The highest BCUT2D eigenvalue weighted by molar-refractivity contribution is 6.33. The first-order valence-corrected chi connectivity index (χ1v) is 13.1. The van der Waals surface area contributed by atoms with Crippen LogP contribution in [0.15, 0.2) is 77.2 Å². The van der Waals surface area contributed by atoms with Crippen LogP contribution in [0.2, 0.25) is 5.02 Å². The normalized spacial score (nSPS) is 11.7. The minimum Gasteiger partial charge on any atom is -0.491 e. The Morgan fingerprint density at radius 2 is 1.84 bits per heavy atom. The number of carbonyl (C=O) groups is 2. The molecule has 1 aromatic heterocycles. The number of hydrogen-bond acceptors (Lipinski definition) is 5. The maximum absolute atomic E-state index is 12.2. The molecule has 0 fully saturated rings. The van der Waals surface area contributed by atoms with Crippen LogP contribution >= 0.6 is 11.6 Å². The number of carboxylic acids is 1. The Morgan fingerprint density at radius 3 is 2.55 bits per heavy atom. The number of hydrogen-bond donors (Lipinski definition) is 3. The predicted octanol–water partition coefficient (Wildman–Crippen LogP) is 7.01. The summed E-state index contributed by atoms with van der Waals surface area (Å²) in [5.41, 5.74) is 2.97. The lowest BCUT2D eigenvalue weighted by molar-refractivity contribution is -0.136. The highest BCUT2D eigenvalue weighted by Crippen LogP contribution is 2.34. The summed E-state index contributed by atoms with van der Waals surface area (Å²) in [6.45, 7) is 2.68. The standard InChI is InChI=1S/C30H31ClN2O5/c1-2-3-7-23(33-22-11-9-20(10-12-22)30(36)32-16-15-29(34)35)19-37-24-13-14-25(26(31)18-24)28-17-21-6-4-5-8-27(21)38-28/h4-6,8-14,17-18,23,33H,2-3,7,15-16,19H2,1H3,(H,32,36)(H,34,35)/t23-/m0/s1. The number of para-hydroxylation sites is 1. The van der Waals surface area contributed by atoms with Gasteiger partial charge in [-0.15, -0.1) is 0 Å². The molecule has 4 rings (SSSR count). The first-order valence-electron chi connectivity index (χ1n) is 12.7. The van der Waals surface area contributed by atoms with E-state index in [1.54, 1.807) is 18.2 Å². The maximum Gasteiger partial charge on any atom is 0.305 e. The Morgan fingerprint density at radius 1 is 1.05 bits per heavy atom. The second-order valence-corrected chi connectivity index (χ2v) is 9.47. The van der Waals surface area contributed by atoms with Crippen LogP contribution < -0.4 is 15.4 Å². The predicted molar refractivity (Wildman–Crippen MR) is 150 cm³/mol. The van der Waals surface area contributed by atoms with Crippen molar-refractivity contribution in [2.24, 2.45) is 0 Å². The number of furan rings is 1. The van der Waals surface area contributed by atoms with Gasteiger partial charge in [0.05, 0.1) is 17.5 Å². The van der Waals surface area contributed by atoms with Gasteiger partial charge in [-0.2, -0.15) is 0 Å². The zero-order chi connectivity index (χ0) is 26.9. The van der Waals surface area contributed by atoms with E-state index in [9.17, 15) is 9.59 Å². The first kappa shape index (κ1) is 27.1. The zero-order valence-corrected chi connectivity index (χ0v) is 22.0. The molecule has 0 spiro atoms. The number of amides is 1. The summed E-state index contributed by atoms with van der Waals surface area (Å²) in [5, 5.41) is 16.4. The molecule has 3 N–H and O–H groups in total. The maximum atomic E-state index is 12.2. The molecule has 198 valence electrons. The van der Waals surface area contributed by atoms with Crippen molar-refractivity contribution in [2.75, 3.05) is 18.5 Å². The molecule has 38 heavy (non-hydrogen) atoms. The Bertz CT molecular complexity index is 1350. The largest absolute Gasteiger partial charge is 0.491 e. The van der Waals surface area contributed by atoms with Gasteiger partial charge < -0.3 is 24.9 Å². The van der Waals surface area contributed by atoms with Gasteiger partial charge in [-0.05, 0) is 61.0 Å². The fourth-order valence-electron chi connectivity index (χ4n) is 4.08. The number of ether oxygens (including phenoxy) is 1. The second kappa shape index (κ2) is 13.0. The lowest BCUT2D eigenvalue weighted by Crippen LogP contribution is -2.27. The van der Waals surface area contributed by atoms with Crippen molar-refractivity contribution in [1.82, 2.24) is 5.32 Å². The van der Waals surface area contributed by atoms with Crippen LogP contribution in [-0.2, 0) is 4.79 Å². The van der Waals surface area contributed by atoms with E-state index in [2.05, 4.69) is 17.6 Å². The van der Waals surface area contributed by atoms with Crippen LogP contribution in [0.5, 0.6) is 5.75 Å². The molecule has 1 heterocycles. The summed E-state index contributed by atoms with van der Waals surface area (Å²) in [5.74, 6) is 0.136. The summed E-state index contributed by atoms with van der Waals surface area (Å²) in [6, 6.07) is 22.6. The molecule has 4 aromatic rings. The molecule has 0 aliphatic rings. The molecule has 7 nitrogen and oxygen atoms in total. The van der Waals surface area contributed by atoms with Gasteiger partial charge in [0, 0.05) is 28.7 Å². The zero-order valence-electron chi connectivity index (χ0n) is 21.2. The van der Waals surface area contributed by atoms with Gasteiger partial charge in [0.1, 0.15) is 23.7 Å². The second-order valence-electron chi connectivity index (χ2n) is 9.06. The van der Waals surface area contributed by atoms with E-state index in [1.165, 1.54) is 0 Å². The Hall–Kier alpha value is -3.97. The van der Waals surface area contributed by atoms with Gasteiger partial charge in [0.25, 0.3) is 5.91 Å². The van der Waals surface area contributed by atoms with Crippen LogP contribution in [0.25, 0.3) is 22.3 Å². The molecule has 0 aliphatic carbocycles. The summed E-state index contributed by atoms with van der Waals surface area (Å²) >= 11 is 6.59. The van der Waals surface area contributed by atoms with Gasteiger partial charge in [0.2, 0.25) is 0 Å². The summed E-state index contributed by atoms with van der Waals surface area (Å²) in [6.07, 6.45) is 2.90. The van der Waals surface area contributed by atoms with E-state index in [1.807, 2.05) is 54.6 Å². The van der Waals surface area contributed by atoms with E-state index in [-0.39, 0.29) is 24.9 Å². The molecule has 0 radical (unpaired) electrons. The molecule has 0 saturated heterocycles. The van der Waals surface area contributed by atoms with E-state index < -0.39 is 5.97 Å². The quantitative estimate of drug-likeness (QED) is 0.170. The minimum absolute atomic E-state index is 0.0546. The molecular weight excluding hydrogens is 504 g/mol. The van der Waals surface area contributed by atoms with Gasteiger partial charge in [-0.3, -0.25) is 9.59 Å². The minimum atomic E-state index is -0.949. The van der Waals surface area contributed by atoms with Gasteiger partial charge in [-0.1, -0.05) is 49.6 Å². The number of fused-ring (bicyclic) bond motifs is 1. The van der Waals surface area contributed by atoms with Gasteiger partial charge in [-0.25, -0.2) is 0 Å². The molecule has 0 saturated carbocycles. The number of carboxylic acid groups (broad SMARTS) is 1. The SMILES string of the molecule is CCCC[C@@H](COc1ccc(-c2cc3ccccc3o2)c(Cl)c1)Nc1ccc(C(=O)NCCC(=O)O)cc1. The lowest BCUT2D eigenvalue weighted by Gasteiger charge is -2.21. The van der Waals surface area contributed by atoms with Gasteiger partial charge >= 0.3 is 5.97 Å². The molecule has 8 heteroatoms. The molecular formula is C30H31ClN2O5. The third-order valence-corrected chi connectivity index (χ3v) is 6.44. The number of benzene rings is 3. The van der Waals surface area contributed by atoms with Crippen LogP contribution in [0, 0.1) is 0 Å². The summed E-state index contributed by atoms with van der Waals surface area (Å²) in [7, 11) is 0. The molecule has 1 amide bonds. The molecule has 1 atom stereocenters. The van der Waals surface area contributed by atoms with Crippen LogP contribution in [0.4, 0.5) is 5.69 Å². The van der Waals surface area contributed by atoms with Crippen LogP contribution in [0.1, 0.15) is 43.0 Å². The Labute approximate surface area is 226 Å².